The van der Waals surface area contributed by atoms with E-state index in [1.807, 2.05) is 0 Å². The highest BCUT2D eigenvalue weighted by Gasteiger charge is 1.97. The Hall–Kier alpha value is -1.08. The number of hydrogen-bond acceptors (Lipinski definition) is 3. The van der Waals surface area contributed by atoms with Crippen molar-refractivity contribution in [3.05, 3.63) is 0 Å². The molecule has 0 amide bonds. The Kier molecular flexibility index (Phi) is 5.39. The largest absolute Gasteiger partial charge is 0.367 e. The van der Waals surface area contributed by atoms with Crippen LogP contribution in [0.15, 0.2) is 0 Å². The predicted molar refractivity (Wildman–Crippen MR) is 31.4 cm³/mol. The first-order chi connectivity index (χ1) is 4.77. The molecule has 0 aromatic heterocycles. The van der Waals surface area contributed by atoms with Gasteiger partial charge in [0.15, 0.2) is 0 Å². The molecule has 0 heterocycles. The van der Waals surface area contributed by atoms with Crippen molar-refractivity contribution in [3.8, 4) is 6.07 Å². The second kappa shape index (κ2) is 6.05. The van der Waals surface area contributed by atoms with E-state index in [0.717, 1.165) is 0 Å². The number of rotatable bonds is 5. The molecule has 0 rings (SSSR count). The zero-order valence-electron chi connectivity index (χ0n) is 5.50. The van der Waals surface area contributed by atoms with Crippen LogP contribution in [-0.2, 0) is 14.6 Å². The van der Waals surface area contributed by atoms with Gasteiger partial charge >= 0.3 is 5.97 Å². The molecular weight excluding hydrogens is 134 g/mol. The molecule has 1 radical (unpaired) electrons. The molecule has 0 aliphatic heterocycles. The fourth-order valence-corrected chi connectivity index (χ4v) is 0.436. The van der Waals surface area contributed by atoms with Crippen LogP contribution in [0.3, 0.4) is 0 Å². The van der Waals surface area contributed by atoms with Crippen LogP contribution in [0.1, 0.15) is 12.8 Å². The van der Waals surface area contributed by atoms with Crippen LogP contribution in [0.25, 0.3) is 0 Å². The summed E-state index contributed by atoms with van der Waals surface area (Å²) in [5.41, 5.74) is 0. The highest BCUT2D eigenvalue weighted by atomic mass is 16.5. The Balaban J connectivity index is 2.92. The fraction of sp³-hybridized carbons (Fsp3) is 0.667. The minimum absolute atomic E-state index is 0.00850. The summed E-state index contributed by atoms with van der Waals surface area (Å²) in [6.45, 7) is 0.328. The maximum absolute atomic E-state index is 9.80. The smallest absolute Gasteiger partial charge is 0.355 e. The Morgan fingerprint density at radius 1 is 1.60 bits per heavy atom. The summed E-state index contributed by atoms with van der Waals surface area (Å²) in [6.07, 6.45) is 0.398. The number of carbonyl (C=O) groups excluding carboxylic acids is 1. The van der Waals surface area contributed by atoms with Gasteiger partial charge in [0, 0.05) is 6.61 Å². The first-order valence-corrected chi connectivity index (χ1v) is 2.92. The molecule has 55 valence electrons. The molecular formula is C6H8NO3. The third kappa shape index (κ3) is 6.92. The van der Waals surface area contributed by atoms with E-state index in [9.17, 15) is 9.90 Å². The second-order valence-corrected chi connectivity index (χ2v) is 1.69. The molecule has 10 heavy (non-hydrogen) atoms. The lowest BCUT2D eigenvalue weighted by Gasteiger charge is -1.93. The van der Waals surface area contributed by atoms with E-state index >= 15 is 0 Å². The molecule has 0 spiro atoms. The summed E-state index contributed by atoms with van der Waals surface area (Å²) in [5.74, 6) is -1.08. The van der Waals surface area contributed by atoms with Gasteiger partial charge in [0.2, 0.25) is 0 Å². The van der Waals surface area contributed by atoms with Crippen LogP contribution in [-0.4, -0.2) is 19.2 Å². The topological polar surface area (TPSA) is 70.0 Å². The number of carbonyl (C=O) groups is 1. The minimum Gasteiger partial charge on any atom is -0.367 e. The predicted octanol–water partition coefficient (Wildman–Crippen LogP) is 0.264. The molecule has 0 saturated heterocycles. The molecule has 0 N–H and O–H groups in total. The first-order valence-electron chi connectivity index (χ1n) is 2.92. The van der Waals surface area contributed by atoms with Crippen molar-refractivity contribution in [2.24, 2.45) is 0 Å². The summed E-state index contributed by atoms with van der Waals surface area (Å²) < 4.78 is 4.68. The molecule has 0 bridgehead atoms. The number of nitrogens with zero attached hydrogens (tertiary/aromatic N) is 1. The van der Waals surface area contributed by atoms with E-state index in [1.165, 1.54) is 0 Å². The molecule has 4 nitrogen and oxygen atoms in total. The molecule has 4 heteroatoms. The average Bonchev–Trinajstić information content (AvgIpc) is 1.87. The lowest BCUT2D eigenvalue weighted by molar-refractivity contribution is -0.143. The molecule has 0 fully saturated rings. The average molecular weight is 142 g/mol. The van der Waals surface area contributed by atoms with Crippen LogP contribution in [0.4, 0.5) is 0 Å². The van der Waals surface area contributed by atoms with E-state index < -0.39 is 5.97 Å². The van der Waals surface area contributed by atoms with Gasteiger partial charge in [0.05, 0.1) is 12.5 Å². The Labute approximate surface area is 59.0 Å². The monoisotopic (exact) mass is 142 g/mol. The Bertz CT molecular complexity index is 138. The summed E-state index contributed by atoms with van der Waals surface area (Å²) in [7, 11) is 0. The molecule has 0 aliphatic rings. The fourth-order valence-electron chi connectivity index (χ4n) is 0.436. The number of nitriles is 1. The zero-order valence-corrected chi connectivity index (χ0v) is 5.50. The van der Waals surface area contributed by atoms with Gasteiger partial charge in [-0.3, -0.25) is 0 Å². The summed E-state index contributed by atoms with van der Waals surface area (Å²) >= 11 is 0. The maximum atomic E-state index is 9.80. The van der Waals surface area contributed by atoms with Crippen LogP contribution >= 0.6 is 0 Å². The third-order valence-corrected chi connectivity index (χ3v) is 0.836. The number of ether oxygens (including phenoxy) is 1. The van der Waals surface area contributed by atoms with E-state index in [1.54, 1.807) is 6.07 Å². The second-order valence-electron chi connectivity index (χ2n) is 1.69. The summed E-state index contributed by atoms with van der Waals surface area (Å²) in [5, 5.41) is 17.8. The third-order valence-electron chi connectivity index (χ3n) is 0.836. The SMILES string of the molecule is N#CCOCCCC([O])=O. The summed E-state index contributed by atoms with van der Waals surface area (Å²) in [6, 6.07) is 1.77. The lowest BCUT2D eigenvalue weighted by atomic mass is 10.3. The zero-order chi connectivity index (χ0) is 7.82. The Morgan fingerprint density at radius 3 is 2.80 bits per heavy atom. The van der Waals surface area contributed by atoms with Crippen molar-refractivity contribution >= 4 is 5.97 Å². The van der Waals surface area contributed by atoms with Crippen LogP contribution in [0.5, 0.6) is 0 Å². The maximum Gasteiger partial charge on any atom is 0.355 e. The van der Waals surface area contributed by atoms with Gasteiger partial charge in [0.1, 0.15) is 6.61 Å². The molecule has 0 saturated carbocycles. The molecule has 0 aliphatic carbocycles. The highest BCUT2D eigenvalue weighted by molar-refractivity contribution is 5.66. The van der Waals surface area contributed by atoms with Crippen molar-refractivity contribution in [3.63, 3.8) is 0 Å². The molecule has 0 atom stereocenters. The van der Waals surface area contributed by atoms with Gasteiger partial charge < -0.3 is 4.74 Å². The van der Waals surface area contributed by atoms with Crippen molar-refractivity contribution < 1.29 is 14.6 Å². The van der Waals surface area contributed by atoms with E-state index in [0.29, 0.717) is 13.0 Å². The van der Waals surface area contributed by atoms with E-state index in [4.69, 9.17) is 5.26 Å². The first kappa shape index (κ1) is 8.92. The van der Waals surface area contributed by atoms with Gasteiger partial charge in [-0.05, 0) is 6.42 Å². The van der Waals surface area contributed by atoms with Crippen molar-refractivity contribution in [1.82, 2.24) is 0 Å². The quantitative estimate of drug-likeness (QED) is 0.517. The van der Waals surface area contributed by atoms with Crippen molar-refractivity contribution in [2.75, 3.05) is 13.2 Å². The van der Waals surface area contributed by atoms with Crippen molar-refractivity contribution in [2.45, 2.75) is 12.8 Å². The molecule has 0 aromatic carbocycles. The molecule has 0 unspecified atom stereocenters. The normalized spacial score (nSPS) is 8.70. The Morgan fingerprint density at radius 2 is 2.30 bits per heavy atom. The van der Waals surface area contributed by atoms with Gasteiger partial charge in [0.25, 0.3) is 0 Å². The highest BCUT2D eigenvalue weighted by Crippen LogP contribution is 1.89. The number of hydrogen-bond donors (Lipinski definition) is 0. The van der Waals surface area contributed by atoms with Crippen LogP contribution in [0, 0.1) is 11.3 Å². The van der Waals surface area contributed by atoms with Gasteiger partial charge in [-0.15, -0.1) is 0 Å². The van der Waals surface area contributed by atoms with Gasteiger partial charge in [-0.25, -0.2) is 9.90 Å². The van der Waals surface area contributed by atoms with Gasteiger partial charge in [-0.1, -0.05) is 0 Å². The lowest BCUT2D eigenvalue weighted by Crippen LogP contribution is -1.98. The molecule has 0 aromatic rings. The standard InChI is InChI=1S/C6H8NO3/c7-3-5-10-4-1-2-6(8)9/h1-2,4-5H2. The minimum atomic E-state index is -1.08. The summed E-state index contributed by atoms with van der Waals surface area (Å²) in [4.78, 5) is 9.80. The van der Waals surface area contributed by atoms with E-state index in [-0.39, 0.29) is 13.0 Å². The van der Waals surface area contributed by atoms with Crippen LogP contribution < -0.4 is 0 Å². The van der Waals surface area contributed by atoms with Gasteiger partial charge in [-0.2, -0.15) is 5.26 Å². The van der Waals surface area contributed by atoms with E-state index in [2.05, 4.69) is 4.74 Å². The van der Waals surface area contributed by atoms with Crippen LogP contribution in [0.2, 0.25) is 0 Å². The van der Waals surface area contributed by atoms with Crippen molar-refractivity contribution in [1.29, 1.82) is 5.26 Å².